The summed E-state index contributed by atoms with van der Waals surface area (Å²) in [5, 5.41) is 2.60. The molecule has 0 unspecified atom stereocenters. The van der Waals surface area contributed by atoms with E-state index in [0.717, 1.165) is 5.56 Å². The highest BCUT2D eigenvalue weighted by Crippen LogP contribution is 2.13. The zero-order valence-electron chi connectivity index (χ0n) is 14.4. The van der Waals surface area contributed by atoms with Crippen LogP contribution in [0.4, 0.5) is 0 Å². The van der Waals surface area contributed by atoms with E-state index in [2.05, 4.69) is 5.32 Å². The molecule has 1 aromatic carbocycles. The van der Waals surface area contributed by atoms with Crippen molar-refractivity contribution < 1.29 is 27.5 Å². The Morgan fingerprint density at radius 2 is 2.12 bits per heavy atom. The molecule has 0 aliphatic carbocycles. The first-order valence-electron chi connectivity index (χ1n) is 8.15. The van der Waals surface area contributed by atoms with Crippen molar-refractivity contribution in [2.24, 2.45) is 0 Å². The largest absolute Gasteiger partial charge is 0.493 e. The van der Waals surface area contributed by atoms with Gasteiger partial charge < -0.3 is 14.8 Å². The van der Waals surface area contributed by atoms with Crippen LogP contribution in [-0.2, 0) is 24.2 Å². The molecule has 1 aliphatic heterocycles. The third kappa shape index (κ3) is 6.38. The number of carbonyl (C=O) groups is 2. The van der Waals surface area contributed by atoms with E-state index in [9.17, 15) is 18.0 Å². The van der Waals surface area contributed by atoms with Gasteiger partial charge in [0.15, 0.2) is 15.9 Å². The molecule has 1 amide bonds. The minimum atomic E-state index is -3.07. The molecule has 1 fully saturated rings. The molecule has 0 aromatic heterocycles. The van der Waals surface area contributed by atoms with E-state index in [1.165, 1.54) is 6.92 Å². The molecule has 0 bridgehead atoms. The molecule has 1 aliphatic rings. The van der Waals surface area contributed by atoms with Gasteiger partial charge in [0.1, 0.15) is 5.75 Å². The Bertz CT molecular complexity index is 730. The van der Waals surface area contributed by atoms with Crippen LogP contribution in [0.3, 0.4) is 0 Å². The zero-order chi connectivity index (χ0) is 18.4. The maximum absolute atomic E-state index is 12.0. The third-order valence-electron chi connectivity index (χ3n) is 3.82. The van der Waals surface area contributed by atoms with E-state index < -0.39 is 33.9 Å². The fourth-order valence-corrected chi connectivity index (χ4v) is 4.17. The molecular weight excluding hydrogens is 346 g/mol. The minimum Gasteiger partial charge on any atom is -0.493 e. The first-order valence-corrected chi connectivity index (χ1v) is 9.97. The highest BCUT2D eigenvalue weighted by Gasteiger charge is 2.30. The molecule has 0 radical (unpaired) electrons. The number of aryl methyl sites for hydroxylation is 1. The van der Waals surface area contributed by atoms with Gasteiger partial charge in [-0.05, 0) is 38.0 Å². The summed E-state index contributed by atoms with van der Waals surface area (Å²) in [6.07, 6.45) is -0.572. The Balaban J connectivity index is 1.69. The second kappa shape index (κ2) is 8.33. The minimum absolute atomic E-state index is 0.0172. The lowest BCUT2D eigenvalue weighted by Crippen LogP contribution is -2.42. The van der Waals surface area contributed by atoms with Gasteiger partial charge in [0.2, 0.25) is 0 Å². The van der Waals surface area contributed by atoms with Crippen LogP contribution >= 0.6 is 0 Å². The lowest BCUT2D eigenvalue weighted by Gasteiger charge is -2.16. The van der Waals surface area contributed by atoms with Crippen LogP contribution in [0.15, 0.2) is 24.3 Å². The predicted octanol–water partition coefficient (Wildman–Crippen LogP) is 0.999. The van der Waals surface area contributed by atoms with Gasteiger partial charge in [0.25, 0.3) is 5.91 Å². The first kappa shape index (κ1) is 19.2. The zero-order valence-corrected chi connectivity index (χ0v) is 15.2. The summed E-state index contributed by atoms with van der Waals surface area (Å²) < 4.78 is 33.3. The summed E-state index contributed by atoms with van der Waals surface area (Å²) in [4.78, 5) is 23.7. The number of carbonyl (C=O) groups excluding carboxylic acids is 2. The van der Waals surface area contributed by atoms with Crippen molar-refractivity contribution in [3.63, 3.8) is 0 Å². The van der Waals surface area contributed by atoms with Crippen molar-refractivity contribution in [2.75, 3.05) is 18.1 Å². The van der Waals surface area contributed by atoms with Crippen molar-refractivity contribution in [2.45, 2.75) is 38.8 Å². The molecule has 7 nitrogen and oxygen atoms in total. The summed E-state index contributed by atoms with van der Waals surface area (Å²) in [7, 11) is -3.07. The number of esters is 1. The van der Waals surface area contributed by atoms with Crippen molar-refractivity contribution in [1.82, 2.24) is 5.32 Å². The lowest BCUT2D eigenvalue weighted by molar-refractivity contribution is -0.155. The van der Waals surface area contributed by atoms with Gasteiger partial charge in [-0.1, -0.05) is 12.1 Å². The van der Waals surface area contributed by atoms with E-state index >= 15 is 0 Å². The van der Waals surface area contributed by atoms with Gasteiger partial charge in [-0.2, -0.15) is 0 Å². The Hall–Kier alpha value is -2.09. The van der Waals surface area contributed by atoms with Gasteiger partial charge in [0, 0.05) is 6.04 Å². The smallest absolute Gasteiger partial charge is 0.310 e. The van der Waals surface area contributed by atoms with E-state index in [1.54, 1.807) is 6.07 Å². The normalized spacial score (nSPS) is 19.8. The van der Waals surface area contributed by atoms with Crippen LogP contribution in [0.5, 0.6) is 5.75 Å². The number of ether oxygens (including phenoxy) is 2. The van der Waals surface area contributed by atoms with Gasteiger partial charge in [-0.25, -0.2) is 8.42 Å². The molecule has 25 heavy (non-hydrogen) atoms. The van der Waals surface area contributed by atoms with Gasteiger partial charge in [-0.3, -0.25) is 9.59 Å². The summed E-state index contributed by atoms with van der Waals surface area (Å²) >= 11 is 0. The van der Waals surface area contributed by atoms with Crippen LogP contribution in [0.1, 0.15) is 25.3 Å². The maximum Gasteiger partial charge on any atom is 0.310 e. The molecule has 1 N–H and O–H groups in total. The highest BCUT2D eigenvalue weighted by molar-refractivity contribution is 7.91. The SMILES string of the molecule is Cc1cccc(OCCC(=O)O[C@H](C)C(=O)N[C@@H]2CCS(=O)(=O)C2)c1. The van der Waals surface area contributed by atoms with Gasteiger partial charge in [0.05, 0.1) is 24.5 Å². The summed E-state index contributed by atoms with van der Waals surface area (Å²) in [6.45, 7) is 3.55. The molecule has 1 saturated heterocycles. The van der Waals surface area contributed by atoms with E-state index in [4.69, 9.17) is 9.47 Å². The molecule has 1 aromatic rings. The standard InChI is InChI=1S/C17H23NO6S/c1-12-4-3-5-15(10-12)23-8-6-16(19)24-13(2)17(20)18-14-7-9-25(21,22)11-14/h3-5,10,13-14H,6-9,11H2,1-2H3,(H,18,20)/t13-,14-/m1/s1. The van der Waals surface area contributed by atoms with Crippen LogP contribution in [-0.4, -0.2) is 50.6 Å². The molecule has 2 atom stereocenters. The fraction of sp³-hybridized carbons (Fsp3) is 0.529. The van der Waals surface area contributed by atoms with Crippen molar-refractivity contribution >= 4 is 21.7 Å². The number of nitrogens with one attached hydrogen (secondary N) is 1. The number of sulfone groups is 1. The second-order valence-corrected chi connectivity index (χ2v) is 8.38. The summed E-state index contributed by atoms with van der Waals surface area (Å²) in [5.41, 5.74) is 1.05. The van der Waals surface area contributed by atoms with Crippen LogP contribution in [0, 0.1) is 6.92 Å². The quantitative estimate of drug-likeness (QED) is 0.720. The number of hydrogen-bond donors (Lipinski definition) is 1. The molecule has 138 valence electrons. The van der Waals surface area contributed by atoms with Crippen molar-refractivity contribution in [3.8, 4) is 5.75 Å². The predicted molar refractivity (Wildman–Crippen MR) is 92.0 cm³/mol. The van der Waals surface area contributed by atoms with Gasteiger partial charge >= 0.3 is 5.97 Å². The molecule has 2 rings (SSSR count). The summed E-state index contributed by atoms with van der Waals surface area (Å²) in [5.74, 6) is -0.364. The van der Waals surface area contributed by atoms with Crippen molar-refractivity contribution in [1.29, 1.82) is 0 Å². The maximum atomic E-state index is 12.0. The van der Waals surface area contributed by atoms with Crippen LogP contribution in [0.2, 0.25) is 0 Å². The average molecular weight is 369 g/mol. The van der Waals surface area contributed by atoms with Crippen LogP contribution in [0.25, 0.3) is 0 Å². The third-order valence-corrected chi connectivity index (χ3v) is 5.59. The molecule has 0 spiro atoms. The highest BCUT2D eigenvalue weighted by atomic mass is 32.2. The number of benzene rings is 1. The number of hydrogen-bond acceptors (Lipinski definition) is 6. The fourth-order valence-electron chi connectivity index (χ4n) is 2.49. The van der Waals surface area contributed by atoms with Gasteiger partial charge in [-0.15, -0.1) is 0 Å². The number of amides is 1. The topological polar surface area (TPSA) is 98.8 Å². The second-order valence-electron chi connectivity index (χ2n) is 6.16. The van der Waals surface area contributed by atoms with E-state index in [1.807, 2.05) is 25.1 Å². The Morgan fingerprint density at radius 1 is 1.36 bits per heavy atom. The monoisotopic (exact) mass is 369 g/mol. The molecular formula is C17H23NO6S. The lowest BCUT2D eigenvalue weighted by atomic mass is 10.2. The molecule has 0 saturated carbocycles. The van der Waals surface area contributed by atoms with E-state index in [0.29, 0.717) is 12.2 Å². The Morgan fingerprint density at radius 3 is 2.76 bits per heavy atom. The molecule has 1 heterocycles. The Labute approximate surface area is 147 Å². The Kier molecular flexibility index (Phi) is 6.41. The number of rotatable bonds is 7. The summed E-state index contributed by atoms with van der Waals surface area (Å²) in [6, 6.07) is 7.04. The first-order chi connectivity index (χ1) is 11.7. The average Bonchev–Trinajstić information content (AvgIpc) is 2.86. The van der Waals surface area contributed by atoms with Crippen molar-refractivity contribution in [3.05, 3.63) is 29.8 Å². The molecule has 8 heteroatoms. The van der Waals surface area contributed by atoms with E-state index in [-0.39, 0.29) is 24.5 Å². The van der Waals surface area contributed by atoms with Crippen LogP contribution < -0.4 is 10.1 Å².